The van der Waals surface area contributed by atoms with Crippen molar-refractivity contribution in [3.8, 4) is 5.75 Å². The lowest BCUT2D eigenvalue weighted by Crippen LogP contribution is -2.49. The first-order chi connectivity index (χ1) is 22.1. The number of ether oxygens (including phenoxy) is 2. The molecule has 46 heavy (non-hydrogen) atoms. The molecule has 2 bridgehead atoms. The quantitative estimate of drug-likeness (QED) is 0.439. The Kier molecular flexibility index (Phi) is 8.34. The summed E-state index contributed by atoms with van der Waals surface area (Å²) in [4.78, 5) is 29.8. The van der Waals surface area contributed by atoms with Gasteiger partial charge in [-0.1, -0.05) is 29.8 Å². The summed E-state index contributed by atoms with van der Waals surface area (Å²) in [5, 5.41) is -0.172. The summed E-state index contributed by atoms with van der Waals surface area (Å²) < 4.78 is 42.4. The van der Waals surface area contributed by atoms with Crippen molar-refractivity contribution in [3.05, 3.63) is 70.3 Å². The number of nitrogens with one attached hydrogen (secondary N) is 1. The van der Waals surface area contributed by atoms with Gasteiger partial charge >= 0.3 is 0 Å². The summed E-state index contributed by atoms with van der Waals surface area (Å²) in [6, 6.07) is 11.4. The van der Waals surface area contributed by atoms with Crippen LogP contribution in [0.15, 0.2) is 48.6 Å². The first-order valence-electron chi connectivity index (χ1n) is 16.4. The number of aryl methyl sites for hydroxylation is 1. The molecule has 0 radical (unpaired) electrons. The molecule has 246 valence electrons. The van der Waals surface area contributed by atoms with Crippen molar-refractivity contribution in [2.24, 2.45) is 17.8 Å². The Bertz CT molecular complexity index is 1680. The second-order valence-electron chi connectivity index (χ2n) is 13.9. The van der Waals surface area contributed by atoms with E-state index in [1.165, 1.54) is 18.1 Å². The van der Waals surface area contributed by atoms with E-state index in [4.69, 9.17) is 21.1 Å². The van der Waals surface area contributed by atoms with E-state index < -0.39 is 21.2 Å². The molecule has 2 amide bonds. The molecule has 4 unspecified atom stereocenters. The van der Waals surface area contributed by atoms with E-state index in [2.05, 4.69) is 27.8 Å². The van der Waals surface area contributed by atoms with Crippen molar-refractivity contribution in [2.75, 3.05) is 44.8 Å². The van der Waals surface area contributed by atoms with Crippen LogP contribution in [0, 0.1) is 17.8 Å². The topological polar surface area (TPSA) is 105 Å². The van der Waals surface area contributed by atoms with E-state index in [0.717, 1.165) is 49.4 Å². The molecule has 3 aliphatic heterocycles. The molecule has 1 N–H and O–H groups in total. The number of amides is 2. The van der Waals surface area contributed by atoms with E-state index in [0.29, 0.717) is 43.7 Å². The highest BCUT2D eigenvalue weighted by molar-refractivity contribution is 7.90. The maximum atomic E-state index is 13.7. The van der Waals surface area contributed by atoms with Crippen molar-refractivity contribution >= 4 is 39.1 Å². The van der Waals surface area contributed by atoms with E-state index in [9.17, 15) is 18.0 Å². The van der Waals surface area contributed by atoms with Gasteiger partial charge in [0.25, 0.3) is 5.91 Å². The SMILES string of the molecule is COC1C=CCC2CN(C(C)=O)C[C@H]2S(=O)(=O)NC(=O)c2ccc3c(c2)N(C[C@@H]2CCC12)CC1(CCCc2cc(Cl)ccc21)CO3. The number of carbonyl (C=O) groups is 2. The van der Waals surface area contributed by atoms with Gasteiger partial charge in [-0.25, -0.2) is 13.1 Å². The Morgan fingerprint density at radius 2 is 1.96 bits per heavy atom. The normalized spacial score (nSPS) is 31.9. The number of carbonyl (C=O) groups excluding carboxylic acids is 2. The molecule has 9 nitrogen and oxygen atoms in total. The fourth-order valence-electron chi connectivity index (χ4n) is 8.52. The van der Waals surface area contributed by atoms with Crippen LogP contribution in [0.2, 0.25) is 5.02 Å². The zero-order chi connectivity index (χ0) is 32.2. The molecule has 1 saturated carbocycles. The third-order valence-corrected chi connectivity index (χ3v) is 13.2. The van der Waals surface area contributed by atoms with E-state index >= 15 is 0 Å². The predicted molar refractivity (Wildman–Crippen MR) is 177 cm³/mol. The van der Waals surface area contributed by atoms with Gasteiger partial charge in [-0.2, -0.15) is 0 Å². The lowest BCUT2D eigenvalue weighted by Gasteiger charge is -2.46. The fraction of sp³-hybridized carbons (Fsp3) is 0.543. The molecule has 6 atom stereocenters. The lowest BCUT2D eigenvalue weighted by atomic mass is 9.68. The molecule has 7 rings (SSSR count). The molecule has 0 aromatic heterocycles. The number of benzene rings is 2. The van der Waals surface area contributed by atoms with Crippen LogP contribution in [0.5, 0.6) is 5.75 Å². The monoisotopic (exact) mass is 667 g/mol. The molecule has 2 aromatic rings. The van der Waals surface area contributed by atoms with Gasteiger partial charge in [-0.05, 0) is 91.8 Å². The van der Waals surface area contributed by atoms with Crippen LogP contribution in [0.25, 0.3) is 0 Å². The first kappa shape index (κ1) is 31.5. The molecule has 2 aromatic carbocycles. The van der Waals surface area contributed by atoms with Gasteiger partial charge < -0.3 is 19.3 Å². The van der Waals surface area contributed by atoms with Crippen molar-refractivity contribution < 1.29 is 27.5 Å². The molecule has 2 fully saturated rings. The summed E-state index contributed by atoms with van der Waals surface area (Å²) in [6.07, 6.45) is 9.52. The average molecular weight is 668 g/mol. The first-order valence-corrected chi connectivity index (χ1v) is 18.3. The smallest absolute Gasteiger partial charge is 0.264 e. The van der Waals surface area contributed by atoms with Gasteiger partial charge in [0.2, 0.25) is 15.9 Å². The Morgan fingerprint density at radius 3 is 2.72 bits per heavy atom. The lowest BCUT2D eigenvalue weighted by molar-refractivity contribution is -0.127. The molecule has 1 saturated heterocycles. The van der Waals surface area contributed by atoms with Crippen molar-refractivity contribution in [1.82, 2.24) is 9.62 Å². The Morgan fingerprint density at radius 1 is 1.11 bits per heavy atom. The third-order valence-electron chi connectivity index (χ3n) is 11.1. The number of methoxy groups -OCH3 is 1. The highest BCUT2D eigenvalue weighted by atomic mass is 35.5. The van der Waals surface area contributed by atoms with Crippen molar-refractivity contribution in [1.29, 1.82) is 0 Å². The van der Waals surface area contributed by atoms with Crippen molar-refractivity contribution in [3.63, 3.8) is 0 Å². The summed E-state index contributed by atoms with van der Waals surface area (Å²) in [7, 11) is -2.36. The summed E-state index contributed by atoms with van der Waals surface area (Å²) in [5.74, 6) is 0.160. The summed E-state index contributed by atoms with van der Waals surface area (Å²) in [6.45, 7) is 3.79. The summed E-state index contributed by atoms with van der Waals surface area (Å²) >= 11 is 6.42. The van der Waals surface area contributed by atoms with Gasteiger partial charge in [0.05, 0.1) is 18.4 Å². The second kappa shape index (κ2) is 12.2. The molecule has 11 heteroatoms. The molecular weight excluding hydrogens is 626 g/mol. The number of nitrogens with zero attached hydrogens (tertiary/aromatic N) is 2. The van der Waals surface area contributed by atoms with Crippen LogP contribution >= 0.6 is 11.6 Å². The average Bonchev–Trinajstić information content (AvgIpc) is 3.39. The largest absolute Gasteiger partial charge is 0.490 e. The van der Waals surface area contributed by atoms with Gasteiger partial charge in [0.15, 0.2) is 0 Å². The van der Waals surface area contributed by atoms with Gasteiger partial charge in [0, 0.05) is 62.1 Å². The van der Waals surface area contributed by atoms with Crippen LogP contribution in [0.4, 0.5) is 5.69 Å². The zero-order valence-corrected chi connectivity index (χ0v) is 28.0. The number of sulfonamides is 1. The van der Waals surface area contributed by atoms with Crippen LogP contribution in [0.3, 0.4) is 0 Å². The second-order valence-corrected chi connectivity index (χ2v) is 16.2. The Balaban J connectivity index is 1.29. The van der Waals surface area contributed by atoms with Crippen molar-refractivity contribution in [2.45, 2.75) is 62.2 Å². The Labute approximate surface area is 276 Å². The van der Waals surface area contributed by atoms with Crippen LogP contribution < -0.4 is 14.4 Å². The Hall–Kier alpha value is -3.08. The number of likely N-dealkylation sites (tertiary alicyclic amines) is 1. The minimum atomic E-state index is -4.09. The standard InChI is InChI=1S/C35H42ClN3O6S/c1-22(40)38-18-26-5-3-7-31(44-2)28-11-8-25(28)17-39-20-35(14-4-6-23-15-27(36)10-12-29(23)35)21-45-32-13-9-24(16-30(32)39)34(41)37-46(42,43)33(26)19-38/h3,7,9-10,12-13,15-16,25-26,28,31,33H,4-6,8,11,14,17-21H2,1-2H3,(H,37,41)/t25-,26?,28?,31?,33+,35?/m0/s1. The predicted octanol–water partition coefficient (Wildman–Crippen LogP) is 4.72. The van der Waals surface area contributed by atoms with Crippen LogP contribution in [0.1, 0.15) is 60.5 Å². The van der Waals surface area contributed by atoms with Gasteiger partial charge in [0.1, 0.15) is 11.0 Å². The third kappa shape index (κ3) is 5.70. The molecule has 5 aliphatic rings. The maximum Gasteiger partial charge on any atom is 0.264 e. The minimum absolute atomic E-state index is 0.0510. The number of halogens is 1. The van der Waals surface area contributed by atoms with E-state index in [-0.39, 0.29) is 35.5 Å². The van der Waals surface area contributed by atoms with E-state index in [1.807, 2.05) is 12.1 Å². The zero-order valence-electron chi connectivity index (χ0n) is 26.4. The minimum Gasteiger partial charge on any atom is -0.490 e. The maximum absolute atomic E-state index is 13.7. The van der Waals surface area contributed by atoms with Gasteiger partial charge in [-0.3, -0.25) is 9.59 Å². The number of rotatable bonds is 1. The number of fused-ring (bicyclic) bond motifs is 5. The molecular formula is C35H42ClN3O6S. The fourth-order valence-corrected chi connectivity index (χ4v) is 10.3. The van der Waals surface area contributed by atoms with E-state index in [1.54, 1.807) is 30.2 Å². The number of hydrogen-bond donors (Lipinski definition) is 1. The highest BCUT2D eigenvalue weighted by Gasteiger charge is 2.46. The van der Waals surface area contributed by atoms with Crippen LogP contribution in [-0.2, 0) is 31.4 Å². The number of allylic oxidation sites excluding steroid dienone is 1. The summed E-state index contributed by atoms with van der Waals surface area (Å²) in [5.41, 5.74) is 3.32. The van der Waals surface area contributed by atoms with Crippen LogP contribution in [-0.4, -0.2) is 76.4 Å². The number of hydrogen-bond acceptors (Lipinski definition) is 7. The molecule has 3 heterocycles. The molecule has 2 aliphatic carbocycles. The highest BCUT2D eigenvalue weighted by Crippen LogP contribution is 2.47. The number of anilines is 1. The molecule has 1 spiro atoms. The van der Waals surface area contributed by atoms with Gasteiger partial charge in [-0.15, -0.1) is 0 Å².